The minimum atomic E-state index is -0.699. The number of aromatic amines is 1. The van der Waals surface area contributed by atoms with E-state index in [2.05, 4.69) is 43.0 Å². The Morgan fingerprint density at radius 2 is 1.97 bits per heavy atom. The molecule has 4 rings (SSSR count). The first kappa shape index (κ1) is 23.8. The fourth-order valence-corrected chi connectivity index (χ4v) is 3.75. The maximum atomic E-state index is 14.7. The number of rotatable bonds is 7. The molecule has 0 aliphatic carbocycles. The maximum absolute atomic E-state index is 14.7. The van der Waals surface area contributed by atoms with E-state index >= 15 is 0 Å². The van der Waals surface area contributed by atoms with Crippen molar-refractivity contribution in [3.63, 3.8) is 0 Å². The van der Waals surface area contributed by atoms with Crippen LogP contribution in [-0.2, 0) is 9.59 Å². The number of piperidine rings is 1. The number of hydrogen-bond acceptors (Lipinski definition) is 6. The molecule has 0 saturated carbocycles. The smallest absolute Gasteiger partial charge is 0.274 e. The Morgan fingerprint density at radius 1 is 1.11 bits per heavy atom. The number of carbonyl (C=O) groups excluding carboxylic acids is 3. The summed E-state index contributed by atoms with van der Waals surface area (Å²) in [5.41, 5.74) is 1.56. The largest absolute Gasteiger partial charge is 0.349 e. The Labute approximate surface area is 200 Å². The number of hydrogen-bond donors (Lipinski definition) is 5. The number of carbonyl (C=O) groups is 3. The highest BCUT2D eigenvalue weighted by Gasteiger charge is 2.28. The van der Waals surface area contributed by atoms with E-state index in [1.54, 1.807) is 30.5 Å². The number of aromatic nitrogens is 3. The lowest BCUT2D eigenvalue weighted by Gasteiger charge is -2.29. The van der Waals surface area contributed by atoms with E-state index < -0.39 is 17.6 Å². The number of pyridine rings is 1. The summed E-state index contributed by atoms with van der Waals surface area (Å²) in [6, 6.07) is 10.5. The zero-order chi connectivity index (χ0) is 24.8. The van der Waals surface area contributed by atoms with Crippen molar-refractivity contribution in [3.05, 3.63) is 72.8 Å². The van der Waals surface area contributed by atoms with Crippen LogP contribution in [0.5, 0.6) is 0 Å². The molecule has 2 aromatic heterocycles. The van der Waals surface area contributed by atoms with Gasteiger partial charge in [0.1, 0.15) is 11.5 Å². The molecule has 1 aliphatic rings. The predicted molar refractivity (Wildman–Crippen MR) is 128 cm³/mol. The van der Waals surface area contributed by atoms with Crippen molar-refractivity contribution in [2.45, 2.75) is 12.5 Å². The van der Waals surface area contributed by atoms with Crippen LogP contribution in [0, 0.1) is 11.7 Å². The second kappa shape index (κ2) is 10.7. The van der Waals surface area contributed by atoms with Crippen molar-refractivity contribution in [1.29, 1.82) is 0 Å². The molecule has 0 spiro atoms. The molecule has 3 heterocycles. The fraction of sp³-hybridized carbons (Fsp3) is 0.208. The number of halogens is 1. The molecule has 1 aromatic carbocycles. The van der Waals surface area contributed by atoms with Gasteiger partial charge in [-0.05, 0) is 48.9 Å². The number of anilines is 2. The van der Waals surface area contributed by atoms with Gasteiger partial charge in [-0.25, -0.2) is 9.37 Å². The average Bonchev–Trinajstić information content (AvgIpc) is 3.41. The van der Waals surface area contributed by atoms with Crippen molar-refractivity contribution < 1.29 is 18.8 Å². The summed E-state index contributed by atoms with van der Waals surface area (Å²) in [5.74, 6) is -2.35. The van der Waals surface area contributed by atoms with Crippen LogP contribution in [0.15, 0.2) is 61.3 Å². The molecule has 35 heavy (non-hydrogen) atoms. The van der Waals surface area contributed by atoms with E-state index in [4.69, 9.17) is 0 Å². The van der Waals surface area contributed by atoms with Crippen molar-refractivity contribution in [2.75, 3.05) is 23.7 Å². The minimum absolute atomic E-state index is 0.00961. The Morgan fingerprint density at radius 3 is 2.71 bits per heavy atom. The van der Waals surface area contributed by atoms with Crippen LogP contribution in [0.25, 0.3) is 11.4 Å². The summed E-state index contributed by atoms with van der Waals surface area (Å²) in [7, 11) is 0. The van der Waals surface area contributed by atoms with Crippen molar-refractivity contribution >= 4 is 29.1 Å². The van der Waals surface area contributed by atoms with E-state index in [0.29, 0.717) is 30.9 Å². The number of amides is 3. The third kappa shape index (κ3) is 5.95. The third-order valence-corrected chi connectivity index (χ3v) is 5.50. The number of H-pyrrole nitrogens is 1. The quantitative estimate of drug-likeness (QED) is 0.330. The molecule has 3 aromatic rings. The second-order valence-corrected chi connectivity index (χ2v) is 8.02. The highest BCUT2D eigenvalue weighted by Crippen LogP contribution is 2.22. The summed E-state index contributed by atoms with van der Waals surface area (Å²) in [6.45, 7) is 4.36. The number of nitrogens with one attached hydrogen (secondary N) is 5. The first-order valence-corrected chi connectivity index (χ1v) is 10.9. The first-order chi connectivity index (χ1) is 16.9. The molecule has 10 nitrogen and oxygen atoms in total. The molecule has 0 bridgehead atoms. The van der Waals surface area contributed by atoms with E-state index in [1.165, 1.54) is 18.2 Å². The standard InChI is InChI=1S/C24H24FN7O3/c1-2-22(33)28-16-10-14(12-26-13-16)23(34)31-18-7-6-15(11-17(18)25)29-24(35)21-5-3-4-19(30-21)20-8-9-27-32-20/h2-9,11,14,16,26H,1,10,12-13H2,(H,27,32)(H,28,33)(H,29,35)(H,31,34)/t14?,16-/m0/s1. The highest BCUT2D eigenvalue weighted by molar-refractivity contribution is 6.03. The third-order valence-electron chi connectivity index (χ3n) is 5.50. The topological polar surface area (TPSA) is 141 Å². The SMILES string of the molecule is C=CC(=O)N[C@@H]1CNCC(C(=O)Nc2ccc(NC(=O)c3cccc(-c4ccn[nH]4)n3)cc2F)C1. The van der Waals surface area contributed by atoms with Gasteiger partial charge in [-0.2, -0.15) is 5.10 Å². The van der Waals surface area contributed by atoms with Gasteiger partial charge in [-0.15, -0.1) is 0 Å². The van der Waals surface area contributed by atoms with Gasteiger partial charge in [0.15, 0.2) is 0 Å². The highest BCUT2D eigenvalue weighted by atomic mass is 19.1. The van der Waals surface area contributed by atoms with Crippen LogP contribution < -0.4 is 21.3 Å². The van der Waals surface area contributed by atoms with Gasteiger partial charge in [-0.1, -0.05) is 12.6 Å². The van der Waals surface area contributed by atoms with Crippen LogP contribution in [0.1, 0.15) is 16.9 Å². The van der Waals surface area contributed by atoms with Crippen molar-refractivity contribution in [2.24, 2.45) is 5.92 Å². The Bertz CT molecular complexity index is 1250. The summed E-state index contributed by atoms with van der Waals surface area (Å²) in [5, 5.41) is 17.7. The van der Waals surface area contributed by atoms with Gasteiger partial charge in [0.05, 0.1) is 23.0 Å². The monoisotopic (exact) mass is 477 g/mol. The zero-order valence-electron chi connectivity index (χ0n) is 18.7. The molecule has 1 fully saturated rings. The molecular formula is C24H24FN7O3. The molecule has 2 atom stereocenters. The first-order valence-electron chi connectivity index (χ1n) is 10.9. The van der Waals surface area contributed by atoms with Crippen LogP contribution in [-0.4, -0.2) is 52.0 Å². The van der Waals surface area contributed by atoms with E-state index in [1.807, 2.05) is 0 Å². The average molecular weight is 478 g/mol. The molecular weight excluding hydrogens is 453 g/mol. The van der Waals surface area contributed by atoms with Gasteiger partial charge in [0.25, 0.3) is 5.91 Å². The van der Waals surface area contributed by atoms with Crippen LogP contribution in [0.3, 0.4) is 0 Å². The lowest BCUT2D eigenvalue weighted by atomic mass is 9.94. The Hall–Kier alpha value is -4.38. The predicted octanol–water partition coefficient (Wildman–Crippen LogP) is 2.08. The summed E-state index contributed by atoms with van der Waals surface area (Å²) in [4.78, 5) is 41.1. The van der Waals surface area contributed by atoms with Crippen LogP contribution >= 0.6 is 0 Å². The summed E-state index contributed by atoms with van der Waals surface area (Å²) < 4.78 is 14.7. The van der Waals surface area contributed by atoms with E-state index in [9.17, 15) is 18.8 Å². The van der Waals surface area contributed by atoms with Gasteiger partial charge in [-0.3, -0.25) is 19.5 Å². The molecule has 11 heteroatoms. The molecule has 1 unspecified atom stereocenters. The normalized spacial score (nSPS) is 17.3. The van der Waals surface area contributed by atoms with Gasteiger partial charge < -0.3 is 21.3 Å². The zero-order valence-corrected chi connectivity index (χ0v) is 18.7. The molecule has 0 radical (unpaired) electrons. The molecule has 180 valence electrons. The number of nitrogens with zero attached hydrogens (tertiary/aromatic N) is 2. The lowest BCUT2D eigenvalue weighted by molar-refractivity contribution is -0.122. The maximum Gasteiger partial charge on any atom is 0.274 e. The summed E-state index contributed by atoms with van der Waals surface area (Å²) in [6.07, 6.45) is 3.17. The van der Waals surface area contributed by atoms with Gasteiger partial charge in [0.2, 0.25) is 11.8 Å². The Kier molecular flexibility index (Phi) is 7.27. The summed E-state index contributed by atoms with van der Waals surface area (Å²) >= 11 is 0. The van der Waals surface area contributed by atoms with E-state index in [-0.39, 0.29) is 34.9 Å². The van der Waals surface area contributed by atoms with Crippen LogP contribution in [0.4, 0.5) is 15.8 Å². The van der Waals surface area contributed by atoms with Gasteiger partial charge >= 0.3 is 0 Å². The Balaban J connectivity index is 1.37. The number of benzene rings is 1. The molecule has 3 amide bonds. The molecule has 5 N–H and O–H groups in total. The second-order valence-electron chi connectivity index (χ2n) is 8.02. The fourth-order valence-electron chi connectivity index (χ4n) is 3.75. The lowest BCUT2D eigenvalue weighted by Crippen LogP contribution is -2.51. The van der Waals surface area contributed by atoms with Gasteiger partial charge in [0, 0.05) is 31.0 Å². The van der Waals surface area contributed by atoms with E-state index in [0.717, 1.165) is 6.07 Å². The van der Waals surface area contributed by atoms with Crippen molar-refractivity contribution in [1.82, 2.24) is 25.8 Å². The van der Waals surface area contributed by atoms with Crippen molar-refractivity contribution in [3.8, 4) is 11.4 Å². The minimum Gasteiger partial charge on any atom is -0.349 e. The van der Waals surface area contributed by atoms with Crippen LogP contribution in [0.2, 0.25) is 0 Å². The molecule has 1 saturated heterocycles. The molecule has 1 aliphatic heterocycles.